The number of hydrogen-bond acceptors (Lipinski definition) is 5. The molecule has 0 bridgehead atoms. The molecule has 1 aliphatic heterocycles. The quantitative estimate of drug-likeness (QED) is 0.543. The third kappa shape index (κ3) is 3.73. The van der Waals surface area contributed by atoms with Gasteiger partial charge in [-0.15, -0.1) is 0 Å². The summed E-state index contributed by atoms with van der Waals surface area (Å²) in [5.74, 6) is -2.23. The van der Waals surface area contributed by atoms with Crippen molar-refractivity contribution in [2.24, 2.45) is 0 Å². The summed E-state index contributed by atoms with van der Waals surface area (Å²) in [5, 5.41) is 0.474. The number of nitrogens with zero attached hydrogens (tertiary/aromatic N) is 1. The van der Waals surface area contributed by atoms with Crippen molar-refractivity contribution in [2.45, 2.75) is 26.7 Å². The van der Waals surface area contributed by atoms with E-state index in [1.807, 2.05) is 0 Å². The second kappa shape index (κ2) is 8.59. The van der Waals surface area contributed by atoms with Gasteiger partial charge in [0.1, 0.15) is 0 Å². The molecule has 0 aromatic heterocycles. The highest BCUT2D eigenvalue weighted by Crippen LogP contribution is 2.45. The van der Waals surface area contributed by atoms with Gasteiger partial charge in [-0.2, -0.15) is 0 Å². The molecule has 144 valence electrons. The Morgan fingerprint density at radius 3 is 2.26 bits per heavy atom. The van der Waals surface area contributed by atoms with Crippen LogP contribution in [0.4, 0.5) is 0 Å². The van der Waals surface area contributed by atoms with Crippen LogP contribution in [0.1, 0.15) is 32.3 Å². The monoisotopic (exact) mass is 411 g/mol. The SMILES string of the molecule is CCOC(=O)C1=C(C)N(C=O)C(C)=C(C(=O)OC)C1c1cccc(Cl)c1Cl. The maximum atomic E-state index is 12.7. The van der Waals surface area contributed by atoms with Gasteiger partial charge in [0.05, 0.1) is 40.8 Å². The maximum absolute atomic E-state index is 12.7. The summed E-state index contributed by atoms with van der Waals surface area (Å²) in [6, 6.07) is 4.93. The van der Waals surface area contributed by atoms with Crippen molar-refractivity contribution in [2.75, 3.05) is 13.7 Å². The molecule has 0 aliphatic carbocycles. The Balaban J connectivity index is 2.86. The van der Waals surface area contributed by atoms with Crippen LogP contribution in [0.5, 0.6) is 0 Å². The Bertz CT molecular complexity index is 860. The third-order valence-electron chi connectivity index (χ3n) is 4.38. The van der Waals surface area contributed by atoms with E-state index in [0.717, 1.165) is 0 Å². The first kappa shape index (κ1) is 21.0. The van der Waals surface area contributed by atoms with Gasteiger partial charge in [0.2, 0.25) is 6.41 Å². The number of carbonyl (C=O) groups excluding carboxylic acids is 3. The van der Waals surface area contributed by atoms with E-state index in [2.05, 4.69) is 0 Å². The predicted octanol–water partition coefficient (Wildman–Crippen LogP) is 3.83. The first-order valence-corrected chi connectivity index (χ1v) is 8.91. The molecule has 1 atom stereocenters. The summed E-state index contributed by atoms with van der Waals surface area (Å²) in [6.07, 6.45) is 0.530. The van der Waals surface area contributed by atoms with Gasteiger partial charge in [0.25, 0.3) is 0 Å². The average Bonchev–Trinajstić information content (AvgIpc) is 2.63. The van der Waals surface area contributed by atoms with E-state index < -0.39 is 17.9 Å². The molecule has 1 aliphatic rings. The molecule has 1 unspecified atom stereocenters. The molecule has 0 spiro atoms. The van der Waals surface area contributed by atoms with Crippen LogP contribution >= 0.6 is 23.2 Å². The molecular formula is C19H19Cl2NO5. The van der Waals surface area contributed by atoms with Crippen LogP contribution in [0, 0.1) is 0 Å². The number of carbonyl (C=O) groups is 3. The molecule has 27 heavy (non-hydrogen) atoms. The topological polar surface area (TPSA) is 72.9 Å². The number of rotatable bonds is 5. The Labute approximate surface area is 167 Å². The van der Waals surface area contributed by atoms with Crippen LogP contribution in [-0.2, 0) is 23.9 Å². The number of esters is 2. The maximum Gasteiger partial charge on any atom is 0.336 e. The van der Waals surface area contributed by atoms with Gasteiger partial charge in [-0.3, -0.25) is 9.69 Å². The predicted molar refractivity (Wildman–Crippen MR) is 101 cm³/mol. The minimum absolute atomic E-state index is 0.113. The van der Waals surface area contributed by atoms with Gasteiger partial charge in [0, 0.05) is 11.4 Å². The van der Waals surface area contributed by atoms with Crippen molar-refractivity contribution in [1.82, 2.24) is 4.90 Å². The molecule has 0 saturated carbocycles. The number of methoxy groups -OCH3 is 1. The fourth-order valence-electron chi connectivity index (χ4n) is 3.14. The molecule has 1 aromatic carbocycles. The lowest BCUT2D eigenvalue weighted by Crippen LogP contribution is -2.34. The van der Waals surface area contributed by atoms with Crippen LogP contribution in [-0.4, -0.2) is 37.0 Å². The van der Waals surface area contributed by atoms with Crippen molar-refractivity contribution < 1.29 is 23.9 Å². The van der Waals surface area contributed by atoms with Gasteiger partial charge < -0.3 is 9.47 Å². The molecule has 6 nitrogen and oxygen atoms in total. The Morgan fingerprint density at radius 2 is 1.74 bits per heavy atom. The molecule has 0 N–H and O–H groups in total. The van der Waals surface area contributed by atoms with Gasteiger partial charge in [0.15, 0.2) is 0 Å². The second-order valence-corrected chi connectivity index (χ2v) is 6.55. The van der Waals surface area contributed by atoms with Crippen molar-refractivity contribution in [3.63, 3.8) is 0 Å². The molecule has 0 fully saturated rings. The van der Waals surface area contributed by atoms with E-state index in [-0.39, 0.29) is 27.8 Å². The van der Waals surface area contributed by atoms with Crippen molar-refractivity contribution in [3.05, 3.63) is 56.3 Å². The summed E-state index contributed by atoms with van der Waals surface area (Å²) in [4.78, 5) is 38.2. The standard InChI is InChI=1S/C19H19Cl2NO5/c1-5-27-19(25)15-11(3)22(9-23)10(2)14(18(24)26-4)16(15)12-7-6-8-13(20)17(12)21/h6-9,16H,5H2,1-4H3. The Kier molecular flexibility index (Phi) is 6.68. The highest BCUT2D eigenvalue weighted by atomic mass is 35.5. The second-order valence-electron chi connectivity index (χ2n) is 5.76. The summed E-state index contributed by atoms with van der Waals surface area (Å²) in [6.45, 7) is 4.99. The van der Waals surface area contributed by atoms with Crippen LogP contribution in [0.25, 0.3) is 0 Å². The zero-order valence-corrected chi connectivity index (χ0v) is 16.9. The van der Waals surface area contributed by atoms with Crippen LogP contribution in [0.15, 0.2) is 40.7 Å². The van der Waals surface area contributed by atoms with Gasteiger partial charge in [-0.25, -0.2) is 9.59 Å². The Morgan fingerprint density at radius 1 is 1.15 bits per heavy atom. The summed E-state index contributed by atoms with van der Waals surface area (Å²) >= 11 is 12.5. The average molecular weight is 412 g/mol. The van der Waals surface area contributed by atoms with E-state index in [0.29, 0.717) is 23.4 Å². The number of ether oxygens (including phenoxy) is 2. The zero-order chi connectivity index (χ0) is 20.3. The first-order valence-electron chi connectivity index (χ1n) is 8.15. The molecule has 2 rings (SSSR count). The largest absolute Gasteiger partial charge is 0.466 e. The van der Waals surface area contributed by atoms with Crippen molar-refractivity contribution >= 4 is 41.6 Å². The van der Waals surface area contributed by atoms with Crippen molar-refractivity contribution in [1.29, 1.82) is 0 Å². The van der Waals surface area contributed by atoms with Crippen LogP contribution in [0.3, 0.4) is 0 Å². The third-order valence-corrected chi connectivity index (χ3v) is 5.21. The minimum Gasteiger partial charge on any atom is -0.466 e. The van der Waals surface area contributed by atoms with E-state index in [1.54, 1.807) is 39.0 Å². The molecule has 1 aromatic rings. The molecule has 0 radical (unpaired) electrons. The highest BCUT2D eigenvalue weighted by Gasteiger charge is 2.41. The number of benzene rings is 1. The van der Waals surface area contributed by atoms with Crippen LogP contribution < -0.4 is 0 Å². The van der Waals surface area contributed by atoms with E-state index in [1.165, 1.54) is 12.0 Å². The minimum atomic E-state index is -0.890. The first-order chi connectivity index (χ1) is 12.8. The lowest BCUT2D eigenvalue weighted by Gasteiger charge is -2.34. The molecular weight excluding hydrogens is 393 g/mol. The fourth-order valence-corrected chi connectivity index (χ4v) is 3.55. The fraction of sp³-hybridized carbons (Fsp3) is 0.316. The summed E-state index contributed by atoms with van der Waals surface area (Å²) in [7, 11) is 1.22. The van der Waals surface area contributed by atoms with Crippen molar-refractivity contribution in [3.8, 4) is 0 Å². The van der Waals surface area contributed by atoms with Crippen LogP contribution in [0.2, 0.25) is 10.0 Å². The van der Waals surface area contributed by atoms with Gasteiger partial charge in [-0.1, -0.05) is 35.3 Å². The highest BCUT2D eigenvalue weighted by molar-refractivity contribution is 6.42. The van der Waals surface area contributed by atoms with E-state index in [4.69, 9.17) is 32.7 Å². The van der Waals surface area contributed by atoms with Gasteiger partial charge in [-0.05, 0) is 32.4 Å². The molecule has 0 saturated heterocycles. The van der Waals surface area contributed by atoms with E-state index >= 15 is 0 Å². The number of allylic oxidation sites excluding steroid dienone is 2. The molecule has 1 amide bonds. The number of halogens is 2. The summed E-state index contributed by atoms with van der Waals surface area (Å²) < 4.78 is 10.1. The smallest absolute Gasteiger partial charge is 0.336 e. The van der Waals surface area contributed by atoms with Gasteiger partial charge >= 0.3 is 11.9 Å². The van der Waals surface area contributed by atoms with E-state index in [9.17, 15) is 14.4 Å². The molecule has 1 heterocycles. The molecule has 8 heteroatoms. The number of amides is 1. The zero-order valence-electron chi connectivity index (χ0n) is 15.3. The normalized spacial score (nSPS) is 17.1. The Hall–Kier alpha value is -2.31. The lowest BCUT2D eigenvalue weighted by molar-refractivity contribution is -0.139. The summed E-state index contributed by atoms with van der Waals surface area (Å²) in [5.41, 5.74) is 1.36. The number of hydrogen-bond donors (Lipinski definition) is 0. The lowest BCUT2D eigenvalue weighted by atomic mass is 9.80.